The monoisotopic (exact) mass is 264 g/mol. The van der Waals surface area contributed by atoms with Crippen LogP contribution in [0.2, 0.25) is 0 Å². The van der Waals surface area contributed by atoms with Gasteiger partial charge < -0.3 is 9.64 Å². The molecule has 5 nitrogen and oxygen atoms in total. The molecule has 0 atom stereocenters. The average molecular weight is 264 g/mol. The van der Waals surface area contributed by atoms with E-state index in [0.29, 0.717) is 12.4 Å². The number of nitrogens with one attached hydrogen (secondary N) is 1. The highest BCUT2D eigenvalue weighted by molar-refractivity contribution is 5.76. The molecule has 0 saturated carbocycles. The first-order valence-corrected chi connectivity index (χ1v) is 6.65. The Balaban J connectivity index is 1.52. The van der Waals surface area contributed by atoms with Gasteiger partial charge in [0.05, 0.1) is 6.61 Å². The minimum absolute atomic E-state index is 0.0340. The summed E-state index contributed by atoms with van der Waals surface area (Å²) < 4.78 is 5.30. The lowest BCUT2D eigenvalue weighted by Gasteiger charge is -2.14. The number of likely N-dealkylation sites (tertiary alicyclic amines) is 1. The quantitative estimate of drug-likeness (QED) is 0.594. The molecule has 19 heavy (non-hydrogen) atoms. The lowest BCUT2D eigenvalue weighted by Crippen LogP contribution is -2.32. The second-order valence-electron chi connectivity index (χ2n) is 4.52. The first-order valence-electron chi connectivity index (χ1n) is 6.65. The number of ether oxygens (including phenoxy) is 1. The second-order valence-corrected chi connectivity index (χ2v) is 4.52. The molecule has 0 aliphatic carbocycles. The summed E-state index contributed by atoms with van der Waals surface area (Å²) in [4.78, 5) is 18.9. The summed E-state index contributed by atoms with van der Waals surface area (Å²) in [5.41, 5.74) is 2.39. The molecule has 1 aromatic carbocycles. The van der Waals surface area contributed by atoms with Crippen LogP contribution >= 0.6 is 0 Å². The minimum Gasteiger partial charge on any atom is -0.484 e. The van der Waals surface area contributed by atoms with E-state index < -0.39 is 0 Å². The van der Waals surface area contributed by atoms with E-state index in [-0.39, 0.29) is 12.5 Å². The van der Waals surface area contributed by atoms with Crippen molar-refractivity contribution in [3.8, 4) is 5.75 Å². The zero-order valence-corrected chi connectivity index (χ0v) is 11.0. The fourth-order valence-electron chi connectivity index (χ4n) is 2.01. The van der Waals surface area contributed by atoms with Gasteiger partial charge in [0, 0.05) is 6.54 Å². The summed E-state index contributed by atoms with van der Waals surface area (Å²) in [6.45, 7) is 3.60. The molecule has 1 aromatic rings. The van der Waals surface area contributed by atoms with Crippen molar-refractivity contribution in [2.24, 2.45) is 0 Å². The molecule has 0 spiro atoms. The first kappa shape index (κ1) is 13.8. The van der Waals surface area contributed by atoms with Crippen molar-refractivity contribution in [1.29, 1.82) is 0 Å². The largest absolute Gasteiger partial charge is 0.484 e. The van der Waals surface area contributed by atoms with Gasteiger partial charge >= 0.3 is 0 Å². The van der Waals surface area contributed by atoms with E-state index in [4.69, 9.17) is 9.57 Å². The normalized spacial score (nSPS) is 15.4. The number of nitrogens with zero attached hydrogens (tertiary/aromatic N) is 1. The van der Waals surface area contributed by atoms with Gasteiger partial charge in [0.1, 0.15) is 5.75 Å². The van der Waals surface area contributed by atoms with Gasteiger partial charge in [-0.15, -0.1) is 0 Å². The van der Waals surface area contributed by atoms with Crippen LogP contribution in [0.4, 0.5) is 0 Å². The van der Waals surface area contributed by atoms with Crippen LogP contribution in [-0.4, -0.2) is 43.7 Å². The lowest BCUT2D eigenvalue weighted by atomic mass is 10.3. The first-order chi connectivity index (χ1) is 9.34. The van der Waals surface area contributed by atoms with E-state index >= 15 is 0 Å². The maximum atomic E-state index is 11.4. The summed E-state index contributed by atoms with van der Waals surface area (Å²) in [6, 6.07) is 9.23. The second kappa shape index (κ2) is 7.76. The molecule has 0 radical (unpaired) electrons. The molecule has 1 N–H and O–H groups in total. The molecule has 0 bridgehead atoms. The SMILES string of the molecule is O=C(COc1ccccc1)NOCCN1CCCC1. The Morgan fingerprint density at radius 3 is 2.68 bits per heavy atom. The van der Waals surface area contributed by atoms with E-state index in [1.54, 1.807) is 0 Å². The summed E-state index contributed by atoms with van der Waals surface area (Å²) >= 11 is 0. The van der Waals surface area contributed by atoms with Crippen LogP contribution in [0.3, 0.4) is 0 Å². The summed E-state index contributed by atoms with van der Waals surface area (Å²) in [6.07, 6.45) is 2.52. The smallest absolute Gasteiger partial charge is 0.281 e. The van der Waals surface area contributed by atoms with E-state index in [1.807, 2.05) is 30.3 Å². The van der Waals surface area contributed by atoms with E-state index in [1.165, 1.54) is 12.8 Å². The summed E-state index contributed by atoms with van der Waals surface area (Å²) in [5.74, 6) is 0.403. The molecule has 1 amide bonds. The van der Waals surface area contributed by atoms with Crippen molar-refractivity contribution in [2.75, 3.05) is 32.8 Å². The third kappa shape index (κ3) is 5.28. The highest BCUT2D eigenvalue weighted by Crippen LogP contribution is 2.07. The molecule has 1 heterocycles. The van der Waals surface area contributed by atoms with Crippen LogP contribution in [0.25, 0.3) is 0 Å². The average Bonchev–Trinajstić information content (AvgIpc) is 2.96. The van der Waals surface area contributed by atoms with Crippen LogP contribution < -0.4 is 10.2 Å². The molecule has 104 valence electrons. The predicted octanol–water partition coefficient (Wildman–Crippen LogP) is 1.21. The number of hydrogen-bond donors (Lipinski definition) is 1. The topological polar surface area (TPSA) is 50.8 Å². The lowest BCUT2D eigenvalue weighted by molar-refractivity contribution is -0.135. The van der Waals surface area contributed by atoms with Gasteiger partial charge in [0.25, 0.3) is 5.91 Å². The predicted molar refractivity (Wildman–Crippen MR) is 71.7 cm³/mol. The number of carbonyl (C=O) groups excluding carboxylic acids is 1. The zero-order chi connectivity index (χ0) is 13.3. The standard InChI is InChI=1S/C14H20N2O3/c17-14(12-18-13-6-2-1-3-7-13)15-19-11-10-16-8-4-5-9-16/h1-3,6-7H,4-5,8-12H2,(H,15,17). The number of hydroxylamine groups is 1. The Kier molecular flexibility index (Phi) is 5.65. The van der Waals surface area contributed by atoms with Crippen molar-refractivity contribution in [2.45, 2.75) is 12.8 Å². The van der Waals surface area contributed by atoms with E-state index in [2.05, 4.69) is 10.4 Å². The number of amides is 1. The Hall–Kier alpha value is -1.59. The maximum absolute atomic E-state index is 11.4. The Morgan fingerprint density at radius 2 is 1.95 bits per heavy atom. The number of carbonyl (C=O) groups is 1. The van der Waals surface area contributed by atoms with Gasteiger partial charge in [-0.3, -0.25) is 9.63 Å². The number of hydrogen-bond acceptors (Lipinski definition) is 4. The van der Waals surface area contributed by atoms with Crippen molar-refractivity contribution < 1.29 is 14.4 Å². The van der Waals surface area contributed by atoms with Gasteiger partial charge in [0.15, 0.2) is 6.61 Å². The molecular weight excluding hydrogens is 244 g/mol. The van der Waals surface area contributed by atoms with Crippen LogP contribution in [-0.2, 0) is 9.63 Å². The van der Waals surface area contributed by atoms with Crippen LogP contribution in [0.15, 0.2) is 30.3 Å². The fraction of sp³-hybridized carbons (Fsp3) is 0.500. The molecule has 1 saturated heterocycles. The molecule has 0 unspecified atom stereocenters. The number of benzene rings is 1. The fourth-order valence-corrected chi connectivity index (χ4v) is 2.01. The molecule has 1 aliphatic rings. The van der Waals surface area contributed by atoms with Crippen molar-refractivity contribution >= 4 is 5.91 Å². The van der Waals surface area contributed by atoms with Crippen LogP contribution in [0.5, 0.6) is 5.75 Å². The van der Waals surface area contributed by atoms with Gasteiger partial charge in [-0.05, 0) is 38.1 Å². The summed E-state index contributed by atoms with van der Waals surface area (Å²) in [5, 5.41) is 0. The molecule has 0 aromatic heterocycles. The Bertz CT molecular complexity index is 378. The van der Waals surface area contributed by atoms with Crippen LogP contribution in [0, 0.1) is 0 Å². The van der Waals surface area contributed by atoms with Crippen molar-refractivity contribution in [3.05, 3.63) is 30.3 Å². The molecule has 2 rings (SSSR count). The molecule has 1 fully saturated rings. The van der Waals surface area contributed by atoms with Crippen LogP contribution in [0.1, 0.15) is 12.8 Å². The van der Waals surface area contributed by atoms with E-state index in [0.717, 1.165) is 19.6 Å². The Labute approximate surface area is 113 Å². The third-order valence-corrected chi connectivity index (χ3v) is 3.01. The van der Waals surface area contributed by atoms with E-state index in [9.17, 15) is 4.79 Å². The molecular formula is C14H20N2O3. The third-order valence-electron chi connectivity index (χ3n) is 3.01. The Morgan fingerprint density at radius 1 is 1.21 bits per heavy atom. The van der Waals surface area contributed by atoms with Gasteiger partial charge in [-0.1, -0.05) is 18.2 Å². The molecule has 1 aliphatic heterocycles. The summed E-state index contributed by atoms with van der Waals surface area (Å²) in [7, 11) is 0. The van der Waals surface area contributed by atoms with Crippen molar-refractivity contribution in [1.82, 2.24) is 10.4 Å². The van der Waals surface area contributed by atoms with Gasteiger partial charge in [-0.2, -0.15) is 0 Å². The zero-order valence-electron chi connectivity index (χ0n) is 11.0. The highest BCUT2D eigenvalue weighted by atomic mass is 16.7. The van der Waals surface area contributed by atoms with Crippen molar-refractivity contribution in [3.63, 3.8) is 0 Å². The van der Waals surface area contributed by atoms with Gasteiger partial charge in [-0.25, -0.2) is 5.48 Å². The molecule has 5 heteroatoms. The maximum Gasteiger partial charge on any atom is 0.281 e. The van der Waals surface area contributed by atoms with Gasteiger partial charge in [0.2, 0.25) is 0 Å². The number of para-hydroxylation sites is 1. The highest BCUT2D eigenvalue weighted by Gasteiger charge is 2.10. The number of rotatable bonds is 7. The minimum atomic E-state index is -0.273.